The number of rotatable bonds is 8. The number of nitrogens with zero attached hydrogens (tertiary/aromatic N) is 2. The van der Waals surface area contributed by atoms with Gasteiger partial charge in [-0.25, -0.2) is 0 Å². The zero-order chi connectivity index (χ0) is 27.3. The number of hydrogen-bond acceptors (Lipinski definition) is 5. The van der Waals surface area contributed by atoms with Gasteiger partial charge in [-0.2, -0.15) is 0 Å². The van der Waals surface area contributed by atoms with Crippen molar-refractivity contribution in [2.45, 2.75) is 65.1 Å². The summed E-state index contributed by atoms with van der Waals surface area (Å²) in [6.45, 7) is 11.8. The third-order valence-corrected chi connectivity index (χ3v) is 8.09. The summed E-state index contributed by atoms with van der Waals surface area (Å²) in [5.74, 6) is 0.768. The molecule has 0 aromatic heterocycles. The van der Waals surface area contributed by atoms with Crippen molar-refractivity contribution in [1.82, 2.24) is 15.1 Å². The minimum atomic E-state index is -0.768. The van der Waals surface area contributed by atoms with Gasteiger partial charge in [0, 0.05) is 50.7 Å². The second-order valence-electron chi connectivity index (χ2n) is 10.9. The lowest BCUT2D eigenvalue weighted by atomic mass is 9.95. The quantitative estimate of drug-likeness (QED) is 0.535. The van der Waals surface area contributed by atoms with Crippen LogP contribution in [0, 0.1) is 20.8 Å². The van der Waals surface area contributed by atoms with E-state index in [1.54, 1.807) is 0 Å². The van der Waals surface area contributed by atoms with Gasteiger partial charge in [-0.1, -0.05) is 41.4 Å². The van der Waals surface area contributed by atoms with Gasteiger partial charge >= 0.3 is 0 Å². The van der Waals surface area contributed by atoms with Crippen molar-refractivity contribution in [1.29, 1.82) is 0 Å². The Bertz CT molecular complexity index is 1110. The van der Waals surface area contributed by atoms with Crippen LogP contribution in [0.25, 0.3) is 0 Å². The van der Waals surface area contributed by atoms with Gasteiger partial charge in [0.1, 0.15) is 18.0 Å². The summed E-state index contributed by atoms with van der Waals surface area (Å²) >= 11 is 6.36. The van der Waals surface area contributed by atoms with E-state index in [4.69, 9.17) is 21.1 Å². The summed E-state index contributed by atoms with van der Waals surface area (Å²) in [6, 6.07) is 12.6. The molecule has 0 aliphatic carbocycles. The highest BCUT2D eigenvalue weighted by Gasteiger charge is 2.41. The third-order valence-electron chi connectivity index (χ3n) is 7.49. The first kappa shape index (κ1) is 28.4. The number of hydrogen-bond donors (Lipinski definition) is 1. The molecule has 0 spiro atoms. The Balaban J connectivity index is 1.48. The fourth-order valence-electron chi connectivity index (χ4n) is 5.41. The number of amides is 2. The Hall–Kier alpha value is -2.61. The molecular weight excluding hydrogens is 502 g/mol. The van der Waals surface area contributed by atoms with Crippen molar-refractivity contribution in [3.05, 3.63) is 63.7 Å². The summed E-state index contributed by atoms with van der Waals surface area (Å²) in [7, 11) is 0. The number of aryl methyl sites for hydroxylation is 3. The van der Waals surface area contributed by atoms with E-state index in [1.165, 1.54) is 18.1 Å². The zero-order valence-corrected chi connectivity index (χ0v) is 23.8. The highest BCUT2D eigenvalue weighted by Crippen LogP contribution is 2.30. The highest BCUT2D eigenvalue weighted by atomic mass is 35.5. The van der Waals surface area contributed by atoms with Gasteiger partial charge in [0.2, 0.25) is 11.8 Å². The average molecular weight is 542 g/mol. The van der Waals surface area contributed by atoms with E-state index in [0.29, 0.717) is 26.2 Å². The van der Waals surface area contributed by atoms with E-state index in [2.05, 4.69) is 41.4 Å². The largest absolute Gasteiger partial charge is 0.490 e. The van der Waals surface area contributed by atoms with Gasteiger partial charge in [0.05, 0.1) is 13.0 Å². The lowest BCUT2D eigenvalue weighted by Gasteiger charge is -2.43. The SMILES string of the molecule is CC(=O)NC1CCN(C(=O)CC2(COc3cc(C)c(Cl)c(C)c3)CN(Cc3ccc(C)cc3)CCO2)CC1. The van der Waals surface area contributed by atoms with Gasteiger partial charge in [-0.3, -0.25) is 14.5 Å². The minimum Gasteiger partial charge on any atom is -0.490 e. The molecule has 4 rings (SSSR count). The van der Waals surface area contributed by atoms with Gasteiger partial charge in [-0.05, 0) is 62.4 Å². The van der Waals surface area contributed by atoms with Crippen LogP contribution in [0.2, 0.25) is 5.02 Å². The lowest BCUT2D eigenvalue weighted by Crippen LogP contribution is -2.57. The molecule has 2 saturated heterocycles. The molecule has 7 nitrogen and oxygen atoms in total. The second kappa shape index (κ2) is 12.5. The third kappa shape index (κ3) is 7.49. The van der Waals surface area contributed by atoms with Crippen LogP contribution in [-0.4, -0.2) is 72.6 Å². The van der Waals surface area contributed by atoms with Crippen LogP contribution in [0.15, 0.2) is 36.4 Å². The normalized spacial score (nSPS) is 20.8. The van der Waals surface area contributed by atoms with Crippen LogP contribution >= 0.6 is 11.6 Å². The predicted octanol–water partition coefficient (Wildman–Crippen LogP) is 4.43. The number of carbonyl (C=O) groups excluding carboxylic acids is 2. The van der Waals surface area contributed by atoms with E-state index < -0.39 is 5.60 Å². The summed E-state index contributed by atoms with van der Waals surface area (Å²) < 4.78 is 12.7. The molecule has 206 valence electrons. The molecule has 1 unspecified atom stereocenters. The number of likely N-dealkylation sites (tertiary alicyclic amines) is 1. The number of morpholine rings is 1. The molecule has 2 aromatic carbocycles. The van der Waals surface area contributed by atoms with Crippen LogP contribution < -0.4 is 10.1 Å². The molecule has 0 radical (unpaired) electrons. The molecule has 2 fully saturated rings. The molecule has 1 atom stereocenters. The first-order chi connectivity index (χ1) is 18.1. The Morgan fingerprint density at radius 2 is 1.74 bits per heavy atom. The first-order valence-electron chi connectivity index (χ1n) is 13.5. The van der Waals surface area contributed by atoms with E-state index in [-0.39, 0.29) is 30.9 Å². The number of nitrogens with one attached hydrogen (secondary N) is 1. The molecule has 1 N–H and O–H groups in total. The fourth-order valence-corrected chi connectivity index (χ4v) is 5.52. The predicted molar refractivity (Wildman–Crippen MR) is 150 cm³/mol. The Morgan fingerprint density at radius 3 is 2.37 bits per heavy atom. The van der Waals surface area contributed by atoms with Crippen LogP contribution in [0.1, 0.15) is 48.4 Å². The second-order valence-corrected chi connectivity index (χ2v) is 11.3. The summed E-state index contributed by atoms with van der Waals surface area (Å²) in [5, 5.41) is 3.72. The average Bonchev–Trinajstić information content (AvgIpc) is 2.87. The molecule has 38 heavy (non-hydrogen) atoms. The monoisotopic (exact) mass is 541 g/mol. The van der Waals surface area contributed by atoms with Crippen molar-refractivity contribution < 1.29 is 19.1 Å². The molecular formula is C30H40ClN3O4. The molecule has 0 bridgehead atoms. The van der Waals surface area contributed by atoms with Crippen LogP contribution in [0.4, 0.5) is 0 Å². The fraction of sp³-hybridized carbons (Fsp3) is 0.533. The maximum Gasteiger partial charge on any atom is 0.225 e. The van der Waals surface area contributed by atoms with E-state index in [9.17, 15) is 9.59 Å². The van der Waals surface area contributed by atoms with E-state index >= 15 is 0 Å². The molecule has 2 aromatic rings. The van der Waals surface area contributed by atoms with Crippen molar-refractivity contribution in [3.8, 4) is 5.75 Å². The van der Waals surface area contributed by atoms with Crippen LogP contribution in [0.5, 0.6) is 5.75 Å². The molecule has 0 saturated carbocycles. The first-order valence-corrected chi connectivity index (χ1v) is 13.9. The zero-order valence-electron chi connectivity index (χ0n) is 23.0. The van der Waals surface area contributed by atoms with E-state index in [0.717, 1.165) is 47.8 Å². The molecule has 2 amide bonds. The number of halogens is 1. The Kier molecular flexibility index (Phi) is 9.34. The summed E-state index contributed by atoms with van der Waals surface area (Å²) in [6.07, 6.45) is 1.77. The number of ether oxygens (including phenoxy) is 2. The number of benzene rings is 2. The van der Waals surface area contributed by atoms with Crippen LogP contribution in [-0.2, 0) is 20.9 Å². The van der Waals surface area contributed by atoms with Gasteiger partial charge in [0.25, 0.3) is 0 Å². The van der Waals surface area contributed by atoms with Crippen molar-refractivity contribution >= 4 is 23.4 Å². The topological polar surface area (TPSA) is 71.1 Å². The molecule has 2 aliphatic heterocycles. The Labute approximate surface area is 231 Å². The maximum atomic E-state index is 13.5. The molecule has 8 heteroatoms. The van der Waals surface area contributed by atoms with Crippen LogP contribution in [0.3, 0.4) is 0 Å². The Morgan fingerprint density at radius 1 is 1.08 bits per heavy atom. The molecule has 2 heterocycles. The minimum absolute atomic E-state index is 0.0252. The summed E-state index contributed by atoms with van der Waals surface area (Å²) in [4.78, 5) is 29.2. The molecule has 2 aliphatic rings. The van der Waals surface area contributed by atoms with Crippen molar-refractivity contribution in [2.24, 2.45) is 0 Å². The van der Waals surface area contributed by atoms with Gasteiger partial charge in [-0.15, -0.1) is 0 Å². The van der Waals surface area contributed by atoms with Crippen molar-refractivity contribution in [2.75, 3.05) is 39.4 Å². The van der Waals surface area contributed by atoms with E-state index in [1.807, 2.05) is 30.9 Å². The number of carbonyl (C=O) groups is 2. The summed E-state index contributed by atoms with van der Waals surface area (Å²) in [5.41, 5.74) is 3.62. The lowest BCUT2D eigenvalue weighted by molar-refractivity contribution is -0.157. The highest BCUT2D eigenvalue weighted by molar-refractivity contribution is 6.32. The standard InChI is InChI=1S/C30H40ClN3O4/c1-21-5-7-25(8-6-21)18-33-13-14-38-30(19-33,20-37-27-15-22(2)29(31)23(3)16-27)17-28(36)34-11-9-26(10-12-34)32-24(4)35/h5-8,15-16,26H,9-14,17-20H2,1-4H3,(H,32,35). The smallest absolute Gasteiger partial charge is 0.225 e. The number of piperidine rings is 1. The van der Waals surface area contributed by atoms with Gasteiger partial charge < -0.3 is 19.7 Å². The van der Waals surface area contributed by atoms with Crippen molar-refractivity contribution in [3.63, 3.8) is 0 Å². The maximum absolute atomic E-state index is 13.5. The van der Waals surface area contributed by atoms with Gasteiger partial charge in [0.15, 0.2) is 0 Å².